The van der Waals surface area contributed by atoms with E-state index in [1.807, 2.05) is 49.8 Å². The number of thiazole rings is 1. The van der Waals surface area contributed by atoms with Gasteiger partial charge in [-0.2, -0.15) is 0 Å². The van der Waals surface area contributed by atoms with E-state index in [0.29, 0.717) is 17.5 Å². The first-order chi connectivity index (χ1) is 10.6. The Labute approximate surface area is 138 Å². The third kappa shape index (κ3) is 3.55. The SMILES string of the molecule is Cc1nc(CN(C)Cc2nccs2)oc1-c1ccc(Cl)cc1. The molecular weight excluding hydrogens is 318 g/mol. The molecule has 3 rings (SSSR count). The fraction of sp³-hybridized carbons (Fsp3) is 0.250. The lowest BCUT2D eigenvalue weighted by Crippen LogP contribution is -2.17. The molecule has 0 unspecified atom stereocenters. The van der Waals surface area contributed by atoms with Gasteiger partial charge in [0.2, 0.25) is 5.89 Å². The van der Waals surface area contributed by atoms with Gasteiger partial charge in [-0.15, -0.1) is 11.3 Å². The molecule has 0 spiro atoms. The van der Waals surface area contributed by atoms with Gasteiger partial charge in [0.05, 0.1) is 18.8 Å². The smallest absolute Gasteiger partial charge is 0.209 e. The van der Waals surface area contributed by atoms with Crippen LogP contribution in [0.25, 0.3) is 11.3 Å². The highest BCUT2D eigenvalue weighted by Gasteiger charge is 2.13. The number of halogens is 1. The minimum Gasteiger partial charge on any atom is -0.439 e. The highest BCUT2D eigenvalue weighted by Crippen LogP contribution is 2.26. The van der Waals surface area contributed by atoms with Gasteiger partial charge < -0.3 is 4.42 Å². The first-order valence-electron chi connectivity index (χ1n) is 6.91. The van der Waals surface area contributed by atoms with Gasteiger partial charge in [-0.1, -0.05) is 11.6 Å². The van der Waals surface area contributed by atoms with E-state index in [4.69, 9.17) is 16.0 Å². The topological polar surface area (TPSA) is 42.2 Å². The van der Waals surface area contributed by atoms with Crippen molar-refractivity contribution in [2.24, 2.45) is 0 Å². The van der Waals surface area contributed by atoms with E-state index in [9.17, 15) is 0 Å². The minimum absolute atomic E-state index is 0.647. The molecule has 0 N–H and O–H groups in total. The van der Waals surface area contributed by atoms with Gasteiger partial charge in [-0.05, 0) is 38.2 Å². The molecule has 0 amide bonds. The van der Waals surface area contributed by atoms with Crippen molar-refractivity contribution in [3.05, 3.63) is 57.5 Å². The summed E-state index contributed by atoms with van der Waals surface area (Å²) in [5.74, 6) is 1.51. The van der Waals surface area contributed by atoms with Gasteiger partial charge in [0, 0.05) is 22.2 Å². The Balaban J connectivity index is 1.73. The number of rotatable bonds is 5. The van der Waals surface area contributed by atoms with Crippen LogP contribution in [0.15, 0.2) is 40.3 Å². The normalized spacial score (nSPS) is 11.3. The number of hydrogen-bond acceptors (Lipinski definition) is 5. The summed E-state index contributed by atoms with van der Waals surface area (Å²) >= 11 is 7.57. The molecule has 0 saturated carbocycles. The molecule has 0 saturated heterocycles. The van der Waals surface area contributed by atoms with E-state index in [2.05, 4.69) is 14.9 Å². The zero-order valence-electron chi connectivity index (χ0n) is 12.4. The predicted octanol–water partition coefficient (Wildman–Crippen LogP) is 4.39. The lowest BCUT2D eigenvalue weighted by Gasteiger charge is -2.11. The zero-order valence-corrected chi connectivity index (χ0v) is 14.0. The van der Waals surface area contributed by atoms with Gasteiger partial charge in [-0.3, -0.25) is 4.90 Å². The Morgan fingerprint density at radius 2 is 2.00 bits per heavy atom. The number of nitrogens with zero attached hydrogens (tertiary/aromatic N) is 3. The van der Waals surface area contributed by atoms with Crippen LogP contribution in [0.3, 0.4) is 0 Å². The second kappa shape index (κ2) is 6.60. The molecule has 0 aliphatic rings. The average molecular weight is 334 g/mol. The van der Waals surface area contributed by atoms with Crippen LogP contribution in [0.5, 0.6) is 0 Å². The Morgan fingerprint density at radius 1 is 1.23 bits per heavy atom. The number of aryl methyl sites for hydroxylation is 1. The molecule has 114 valence electrons. The highest BCUT2D eigenvalue weighted by molar-refractivity contribution is 7.09. The maximum Gasteiger partial charge on any atom is 0.209 e. The van der Waals surface area contributed by atoms with Crippen molar-refractivity contribution in [3.63, 3.8) is 0 Å². The molecule has 3 aromatic rings. The average Bonchev–Trinajstić information content (AvgIpc) is 3.10. The molecule has 0 atom stereocenters. The Kier molecular flexibility index (Phi) is 4.57. The Morgan fingerprint density at radius 3 is 2.68 bits per heavy atom. The number of oxazole rings is 1. The predicted molar refractivity (Wildman–Crippen MR) is 89.0 cm³/mol. The fourth-order valence-corrected chi connectivity index (χ4v) is 3.06. The van der Waals surface area contributed by atoms with Crippen molar-refractivity contribution in [3.8, 4) is 11.3 Å². The number of benzene rings is 1. The summed E-state index contributed by atoms with van der Waals surface area (Å²) in [6.45, 7) is 3.39. The summed E-state index contributed by atoms with van der Waals surface area (Å²) < 4.78 is 5.92. The van der Waals surface area contributed by atoms with Crippen molar-refractivity contribution >= 4 is 22.9 Å². The first kappa shape index (κ1) is 15.2. The summed E-state index contributed by atoms with van der Waals surface area (Å²) in [5, 5.41) is 3.78. The fourth-order valence-electron chi connectivity index (χ4n) is 2.24. The maximum absolute atomic E-state index is 5.92. The maximum atomic E-state index is 5.92. The van der Waals surface area contributed by atoms with Crippen LogP contribution in [0.4, 0.5) is 0 Å². The zero-order chi connectivity index (χ0) is 15.5. The Bertz CT molecular complexity index is 737. The summed E-state index contributed by atoms with van der Waals surface area (Å²) in [7, 11) is 2.03. The van der Waals surface area contributed by atoms with Gasteiger partial charge in [0.15, 0.2) is 5.76 Å². The van der Waals surface area contributed by atoms with Crippen LogP contribution < -0.4 is 0 Å². The summed E-state index contributed by atoms with van der Waals surface area (Å²) in [5.41, 5.74) is 1.88. The molecule has 22 heavy (non-hydrogen) atoms. The molecule has 2 heterocycles. The van der Waals surface area contributed by atoms with Crippen molar-refractivity contribution in [1.82, 2.24) is 14.9 Å². The van der Waals surface area contributed by atoms with Gasteiger partial charge in [-0.25, -0.2) is 9.97 Å². The van der Waals surface area contributed by atoms with E-state index in [-0.39, 0.29) is 0 Å². The first-order valence-corrected chi connectivity index (χ1v) is 8.17. The van der Waals surface area contributed by atoms with Crippen molar-refractivity contribution < 1.29 is 4.42 Å². The molecule has 0 fully saturated rings. The van der Waals surface area contributed by atoms with Crippen LogP contribution >= 0.6 is 22.9 Å². The van der Waals surface area contributed by atoms with E-state index in [1.54, 1.807) is 11.3 Å². The van der Waals surface area contributed by atoms with Gasteiger partial charge in [0.25, 0.3) is 0 Å². The molecule has 0 bridgehead atoms. The third-order valence-electron chi connectivity index (χ3n) is 3.24. The van der Waals surface area contributed by atoms with Crippen molar-refractivity contribution in [2.75, 3.05) is 7.05 Å². The van der Waals surface area contributed by atoms with Crippen LogP contribution in [-0.4, -0.2) is 21.9 Å². The van der Waals surface area contributed by atoms with Gasteiger partial charge in [0.1, 0.15) is 5.01 Å². The monoisotopic (exact) mass is 333 g/mol. The molecule has 0 aliphatic carbocycles. The molecular formula is C16H16ClN3OS. The number of hydrogen-bond donors (Lipinski definition) is 0. The van der Waals surface area contributed by atoms with Gasteiger partial charge >= 0.3 is 0 Å². The molecule has 2 aromatic heterocycles. The summed E-state index contributed by atoms with van der Waals surface area (Å²) in [6.07, 6.45) is 1.82. The van der Waals surface area contributed by atoms with Crippen molar-refractivity contribution in [2.45, 2.75) is 20.0 Å². The second-order valence-corrected chi connectivity index (χ2v) is 6.54. The standard InChI is InChI=1S/C16H16ClN3OS/c1-11-16(12-3-5-13(17)6-4-12)21-14(19-11)9-20(2)10-15-18-7-8-22-15/h3-8H,9-10H2,1-2H3. The lowest BCUT2D eigenvalue weighted by molar-refractivity contribution is 0.282. The molecule has 1 aromatic carbocycles. The molecule has 0 aliphatic heterocycles. The van der Waals surface area contributed by atoms with E-state index in [1.165, 1.54) is 0 Å². The molecule has 0 radical (unpaired) electrons. The highest BCUT2D eigenvalue weighted by atomic mass is 35.5. The van der Waals surface area contributed by atoms with E-state index < -0.39 is 0 Å². The number of aromatic nitrogens is 2. The largest absolute Gasteiger partial charge is 0.439 e. The van der Waals surface area contributed by atoms with E-state index in [0.717, 1.165) is 28.6 Å². The van der Waals surface area contributed by atoms with Crippen molar-refractivity contribution in [1.29, 1.82) is 0 Å². The lowest BCUT2D eigenvalue weighted by atomic mass is 10.1. The molecule has 4 nitrogen and oxygen atoms in total. The second-order valence-electron chi connectivity index (χ2n) is 5.13. The summed E-state index contributed by atoms with van der Waals surface area (Å²) in [6, 6.07) is 7.60. The summed E-state index contributed by atoms with van der Waals surface area (Å²) in [4.78, 5) is 10.9. The van der Waals surface area contributed by atoms with Crippen LogP contribution in [-0.2, 0) is 13.1 Å². The Hall–Kier alpha value is -1.69. The van der Waals surface area contributed by atoms with Crippen LogP contribution in [0.1, 0.15) is 16.6 Å². The van der Waals surface area contributed by atoms with Crippen LogP contribution in [0, 0.1) is 6.92 Å². The minimum atomic E-state index is 0.647. The van der Waals surface area contributed by atoms with Crippen LogP contribution in [0.2, 0.25) is 5.02 Å². The third-order valence-corrected chi connectivity index (χ3v) is 4.26. The van der Waals surface area contributed by atoms with E-state index >= 15 is 0 Å². The molecule has 6 heteroatoms. The quantitative estimate of drug-likeness (QED) is 0.694.